The van der Waals surface area contributed by atoms with Crippen molar-refractivity contribution in [2.75, 3.05) is 26.2 Å². The second-order valence-corrected chi connectivity index (χ2v) is 7.00. The molecule has 4 nitrogen and oxygen atoms in total. The van der Waals surface area contributed by atoms with Gasteiger partial charge in [0.2, 0.25) is 5.91 Å². The number of rotatable bonds is 3. The van der Waals surface area contributed by atoms with Crippen molar-refractivity contribution in [1.29, 1.82) is 0 Å². The minimum absolute atomic E-state index is 0.331. The van der Waals surface area contributed by atoms with Crippen molar-refractivity contribution in [2.45, 2.75) is 32.7 Å². The molecule has 4 heteroatoms. The molecule has 1 saturated carbocycles. The third kappa shape index (κ3) is 2.76. The van der Waals surface area contributed by atoms with Gasteiger partial charge in [-0.2, -0.15) is 0 Å². The van der Waals surface area contributed by atoms with Crippen LogP contribution in [0.1, 0.15) is 30.5 Å². The normalized spacial score (nSPS) is 20.0. The molecule has 1 aliphatic carbocycles. The number of aryl methyl sites for hydroxylation is 1. The quantitative estimate of drug-likeness (QED) is 0.946. The minimum Gasteiger partial charge on any atom is -0.358 e. The topological polar surface area (TPSA) is 39.3 Å². The summed E-state index contributed by atoms with van der Waals surface area (Å²) in [4.78, 5) is 20.4. The van der Waals surface area contributed by atoms with Crippen LogP contribution in [-0.2, 0) is 11.3 Å². The van der Waals surface area contributed by atoms with Crippen LogP contribution < -0.4 is 0 Å². The van der Waals surface area contributed by atoms with E-state index in [1.807, 2.05) is 0 Å². The number of H-pyrrole nitrogens is 1. The molecular weight excluding hydrogens is 286 g/mol. The predicted octanol–water partition coefficient (Wildman–Crippen LogP) is 2.92. The molecule has 23 heavy (non-hydrogen) atoms. The molecular formula is C19H25N3O. The molecule has 1 aromatic heterocycles. The largest absolute Gasteiger partial charge is 0.358 e. The van der Waals surface area contributed by atoms with E-state index in [2.05, 4.69) is 46.0 Å². The van der Waals surface area contributed by atoms with Gasteiger partial charge >= 0.3 is 0 Å². The van der Waals surface area contributed by atoms with E-state index < -0.39 is 0 Å². The van der Waals surface area contributed by atoms with E-state index in [-0.39, 0.29) is 0 Å². The number of hydrogen-bond acceptors (Lipinski definition) is 2. The Labute approximate surface area is 137 Å². The second kappa shape index (κ2) is 6.00. The highest BCUT2D eigenvalue weighted by atomic mass is 16.2. The molecule has 1 N–H and O–H groups in total. The Morgan fingerprint density at radius 2 is 1.91 bits per heavy atom. The molecule has 1 aromatic carbocycles. The van der Waals surface area contributed by atoms with Crippen molar-refractivity contribution in [1.82, 2.24) is 14.8 Å². The van der Waals surface area contributed by atoms with Crippen LogP contribution in [0.3, 0.4) is 0 Å². The first-order valence-corrected chi connectivity index (χ1v) is 8.79. The average molecular weight is 311 g/mol. The van der Waals surface area contributed by atoms with Gasteiger partial charge in [-0.3, -0.25) is 9.69 Å². The van der Waals surface area contributed by atoms with E-state index in [0.717, 1.165) is 45.6 Å². The van der Waals surface area contributed by atoms with Crippen molar-refractivity contribution < 1.29 is 4.79 Å². The van der Waals surface area contributed by atoms with Gasteiger partial charge in [0, 0.05) is 55.2 Å². The highest BCUT2D eigenvalue weighted by Crippen LogP contribution is 2.29. The van der Waals surface area contributed by atoms with Crippen molar-refractivity contribution in [3.05, 3.63) is 35.5 Å². The SMILES string of the molecule is Cc1[nH]c2ccccc2c1CN1CCN(C(=O)C2CCC2)CC1. The molecule has 1 aliphatic heterocycles. The number of nitrogens with zero attached hydrogens (tertiary/aromatic N) is 2. The summed E-state index contributed by atoms with van der Waals surface area (Å²) in [6.45, 7) is 6.87. The molecule has 2 aromatic rings. The first kappa shape index (κ1) is 14.8. The number of carbonyl (C=O) groups is 1. The van der Waals surface area contributed by atoms with Crippen LogP contribution in [0, 0.1) is 12.8 Å². The maximum absolute atomic E-state index is 12.3. The number of aromatic nitrogens is 1. The Morgan fingerprint density at radius 1 is 1.17 bits per heavy atom. The molecule has 2 aliphatic rings. The van der Waals surface area contributed by atoms with Gasteiger partial charge in [-0.15, -0.1) is 0 Å². The third-order valence-electron chi connectivity index (χ3n) is 5.55. The first-order valence-electron chi connectivity index (χ1n) is 8.79. The number of piperazine rings is 1. The molecule has 0 spiro atoms. The number of carbonyl (C=O) groups excluding carboxylic acids is 1. The van der Waals surface area contributed by atoms with Crippen LogP contribution in [0.25, 0.3) is 10.9 Å². The maximum Gasteiger partial charge on any atom is 0.225 e. The number of benzene rings is 1. The fourth-order valence-corrected chi connectivity index (χ4v) is 3.80. The smallest absolute Gasteiger partial charge is 0.225 e. The Morgan fingerprint density at radius 3 is 2.61 bits per heavy atom. The van der Waals surface area contributed by atoms with Gasteiger partial charge in [-0.25, -0.2) is 0 Å². The molecule has 1 amide bonds. The third-order valence-corrected chi connectivity index (χ3v) is 5.55. The van der Waals surface area contributed by atoms with Gasteiger partial charge in [0.25, 0.3) is 0 Å². The van der Waals surface area contributed by atoms with Gasteiger partial charge in [0.1, 0.15) is 0 Å². The molecule has 2 heterocycles. The lowest BCUT2D eigenvalue weighted by Crippen LogP contribution is -2.50. The fraction of sp³-hybridized carbons (Fsp3) is 0.526. The van der Waals surface area contributed by atoms with Gasteiger partial charge in [0.05, 0.1) is 0 Å². The summed E-state index contributed by atoms with van der Waals surface area (Å²) in [5.74, 6) is 0.733. The van der Waals surface area contributed by atoms with Crippen molar-refractivity contribution in [3.63, 3.8) is 0 Å². The molecule has 122 valence electrons. The van der Waals surface area contributed by atoms with E-state index in [1.165, 1.54) is 28.6 Å². The highest BCUT2D eigenvalue weighted by molar-refractivity contribution is 5.84. The molecule has 0 atom stereocenters. The van der Waals surface area contributed by atoms with E-state index in [4.69, 9.17) is 0 Å². The minimum atomic E-state index is 0.331. The molecule has 1 saturated heterocycles. The highest BCUT2D eigenvalue weighted by Gasteiger charge is 2.31. The number of nitrogens with one attached hydrogen (secondary N) is 1. The fourth-order valence-electron chi connectivity index (χ4n) is 3.80. The molecule has 0 bridgehead atoms. The number of hydrogen-bond donors (Lipinski definition) is 1. The number of aromatic amines is 1. The Bertz CT molecular complexity index is 708. The lowest BCUT2D eigenvalue weighted by molar-refractivity contribution is -0.140. The van der Waals surface area contributed by atoms with Crippen LogP contribution in [0.15, 0.2) is 24.3 Å². The van der Waals surface area contributed by atoms with Crippen molar-refractivity contribution in [2.24, 2.45) is 5.92 Å². The van der Waals surface area contributed by atoms with Crippen LogP contribution >= 0.6 is 0 Å². The van der Waals surface area contributed by atoms with Crippen molar-refractivity contribution in [3.8, 4) is 0 Å². The number of amides is 1. The Hall–Kier alpha value is -1.81. The zero-order valence-corrected chi connectivity index (χ0v) is 13.8. The molecule has 2 fully saturated rings. The number of fused-ring (bicyclic) bond motifs is 1. The molecule has 4 rings (SSSR count). The number of para-hydroxylation sites is 1. The van der Waals surface area contributed by atoms with Crippen LogP contribution in [-0.4, -0.2) is 46.9 Å². The van der Waals surface area contributed by atoms with E-state index in [9.17, 15) is 4.79 Å². The average Bonchev–Trinajstić information content (AvgIpc) is 2.82. The van der Waals surface area contributed by atoms with Gasteiger partial charge in [-0.05, 0) is 31.4 Å². The Kier molecular flexibility index (Phi) is 3.85. The summed E-state index contributed by atoms with van der Waals surface area (Å²) in [7, 11) is 0. The second-order valence-electron chi connectivity index (χ2n) is 7.00. The Balaban J connectivity index is 1.40. The standard InChI is InChI=1S/C19H25N3O/c1-14-17(16-7-2-3-8-18(16)20-14)13-21-9-11-22(12-10-21)19(23)15-5-4-6-15/h2-3,7-8,15,20H,4-6,9-13H2,1H3. The van der Waals surface area contributed by atoms with Crippen LogP contribution in [0.2, 0.25) is 0 Å². The summed E-state index contributed by atoms with van der Waals surface area (Å²) >= 11 is 0. The summed E-state index contributed by atoms with van der Waals surface area (Å²) < 4.78 is 0. The van der Waals surface area contributed by atoms with E-state index in [1.54, 1.807) is 0 Å². The monoisotopic (exact) mass is 311 g/mol. The molecule has 0 radical (unpaired) electrons. The summed E-state index contributed by atoms with van der Waals surface area (Å²) in [6.07, 6.45) is 3.44. The zero-order chi connectivity index (χ0) is 15.8. The van der Waals surface area contributed by atoms with Gasteiger partial charge < -0.3 is 9.88 Å². The van der Waals surface area contributed by atoms with Gasteiger partial charge in [0.15, 0.2) is 0 Å². The summed E-state index contributed by atoms with van der Waals surface area (Å²) in [5, 5.41) is 1.33. The maximum atomic E-state index is 12.3. The lowest BCUT2D eigenvalue weighted by atomic mass is 9.84. The predicted molar refractivity (Wildman–Crippen MR) is 92.2 cm³/mol. The van der Waals surface area contributed by atoms with E-state index >= 15 is 0 Å². The van der Waals surface area contributed by atoms with Crippen LogP contribution in [0.5, 0.6) is 0 Å². The lowest BCUT2D eigenvalue weighted by Gasteiger charge is -2.38. The van der Waals surface area contributed by atoms with E-state index in [0.29, 0.717) is 11.8 Å². The molecule has 0 unspecified atom stereocenters. The van der Waals surface area contributed by atoms with Gasteiger partial charge in [-0.1, -0.05) is 24.6 Å². The summed E-state index contributed by atoms with van der Waals surface area (Å²) in [6, 6.07) is 8.52. The van der Waals surface area contributed by atoms with Crippen molar-refractivity contribution >= 4 is 16.8 Å². The first-order chi connectivity index (χ1) is 11.2. The zero-order valence-electron chi connectivity index (χ0n) is 13.8. The van der Waals surface area contributed by atoms with Crippen LogP contribution in [0.4, 0.5) is 0 Å². The summed E-state index contributed by atoms with van der Waals surface area (Å²) in [5.41, 5.74) is 3.89.